The van der Waals surface area contributed by atoms with E-state index in [1.54, 1.807) is 13.2 Å². The highest BCUT2D eigenvalue weighted by Crippen LogP contribution is 2.39. The van der Waals surface area contributed by atoms with Gasteiger partial charge in [0.2, 0.25) is 0 Å². The monoisotopic (exact) mass is 479 g/mol. The van der Waals surface area contributed by atoms with Gasteiger partial charge in [-0.1, -0.05) is 37.7 Å². The van der Waals surface area contributed by atoms with Crippen molar-refractivity contribution < 1.29 is 14.3 Å². The maximum absolute atomic E-state index is 12.7. The highest BCUT2D eigenvalue weighted by atomic mass is 32.2. The van der Waals surface area contributed by atoms with Crippen molar-refractivity contribution in [1.29, 1.82) is 0 Å². The number of carbonyl (C=O) groups is 2. The Morgan fingerprint density at radius 1 is 1.18 bits per heavy atom. The molecule has 0 aliphatic carbocycles. The first-order valence-corrected chi connectivity index (χ1v) is 12.7. The van der Waals surface area contributed by atoms with Gasteiger partial charge in [0.05, 0.1) is 17.7 Å². The van der Waals surface area contributed by atoms with Crippen LogP contribution in [0.15, 0.2) is 52.3 Å². The Labute approximate surface area is 206 Å². The van der Waals surface area contributed by atoms with E-state index in [1.165, 1.54) is 18.2 Å². The maximum Gasteiger partial charge on any atom is 0.262 e. The lowest BCUT2D eigenvalue weighted by atomic mass is 9.92. The van der Waals surface area contributed by atoms with Gasteiger partial charge >= 0.3 is 0 Å². The van der Waals surface area contributed by atoms with Crippen LogP contribution < -0.4 is 15.4 Å². The molecule has 2 aliphatic heterocycles. The second kappa shape index (κ2) is 11.1. The standard InChI is InChI=1S/C27H33N3O3S/c1-18-13-19(2)17-30(16-18)12-4-11-28-26(31)21-7-10-24-23(15-21)29-27(32)25(34-24)14-20-5-8-22(33-3)9-6-20/h5-10,14-15,18-19H,4,11-13,16-17H2,1-3H3,(H,28,31)(H,29,32)/b25-14+/t18-,19+. The minimum Gasteiger partial charge on any atom is -0.497 e. The van der Waals surface area contributed by atoms with E-state index in [-0.39, 0.29) is 11.8 Å². The number of methoxy groups -OCH3 is 1. The lowest BCUT2D eigenvalue weighted by molar-refractivity contribution is -0.112. The molecule has 0 aromatic heterocycles. The summed E-state index contributed by atoms with van der Waals surface area (Å²) in [4.78, 5) is 29.3. The van der Waals surface area contributed by atoms with Gasteiger partial charge in [-0.05, 0) is 73.2 Å². The molecule has 6 nitrogen and oxygen atoms in total. The van der Waals surface area contributed by atoms with Crippen molar-refractivity contribution >= 4 is 35.3 Å². The summed E-state index contributed by atoms with van der Waals surface area (Å²) in [7, 11) is 1.62. The molecule has 1 fully saturated rings. The number of nitrogens with zero attached hydrogens (tertiary/aromatic N) is 1. The van der Waals surface area contributed by atoms with Gasteiger partial charge in [-0.3, -0.25) is 9.59 Å². The summed E-state index contributed by atoms with van der Waals surface area (Å²) in [5, 5.41) is 5.95. The quantitative estimate of drug-likeness (QED) is 0.438. The molecule has 180 valence electrons. The number of piperidine rings is 1. The first-order valence-electron chi connectivity index (χ1n) is 11.9. The Hall–Kier alpha value is -2.77. The number of carbonyl (C=O) groups excluding carboxylic acids is 2. The molecule has 0 bridgehead atoms. The molecular weight excluding hydrogens is 446 g/mol. The SMILES string of the molecule is COc1ccc(/C=C2/Sc3ccc(C(=O)NCCCN4C[C@H](C)C[C@H](C)C4)cc3NC2=O)cc1. The normalized spacial score (nSPS) is 21.6. The van der Waals surface area contributed by atoms with Crippen LogP contribution in [0, 0.1) is 11.8 Å². The largest absolute Gasteiger partial charge is 0.497 e. The fraction of sp³-hybridized carbons (Fsp3) is 0.407. The molecule has 0 saturated carbocycles. The summed E-state index contributed by atoms with van der Waals surface area (Å²) in [6.45, 7) is 8.58. The number of hydrogen-bond donors (Lipinski definition) is 2. The van der Waals surface area contributed by atoms with Crippen LogP contribution in [0.3, 0.4) is 0 Å². The molecule has 0 unspecified atom stereocenters. The fourth-order valence-electron chi connectivity index (χ4n) is 4.73. The van der Waals surface area contributed by atoms with Gasteiger partial charge < -0.3 is 20.3 Å². The van der Waals surface area contributed by atoms with E-state index in [2.05, 4.69) is 29.4 Å². The minimum atomic E-state index is -0.170. The molecule has 34 heavy (non-hydrogen) atoms. The lowest BCUT2D eigenvalue weighted by Gasteiger charge is -2.34. The molecule has 0 spiro atoms. The Kier molecular flexibility index (Phi) is 7.95. The fourth-order valence-corrected chi connectivity index (χ4v) is 5.67. The summed E-state index contributed by atoms with van der Waals surface area (Å²) in [5.74, 6) is 1.98. The number of amides is 2. The maximum atomic E-state index is 12.7. The van der Waals surface area contributed by atoms with Crippen molar-refractivity contribution in [1.82, 2.24) is 10.2 Å². The molecule has 2 aromatic rings. The summed E-state index contributed by atoms with van der Waals surface area (Å²) in [5.41, 5.74) is 2.15. The number of hydrogen-bond acceptors (Lipinski definition) is 5. The summed E-state index contributed by atoms with van der Waals surface area (Å²) >= 11 is 1.41. The number of anilines is 1. The van der Waals surface area contributed by atoms with Crippen LogP contribution in [-0.2, 0) is 4.79 Å². The average molecular weight is 480 g/mol. The summed E-state index contributed by atoms with van der Waals surface area (Å²) in [6.07, 6.45) is 4.09. The van der Waals surface area contributed by atoms with E-state index >= 15 is 0 Å². The van der Waals surface area contributed by atoms with Crippen molar-refractivity contribution in [2.24, 2.45) is 11.8 Å². The minimum absolute atomic E-state index is 0.109. The number of rotatable bonds is 7. The molecular formula is C27H33N3O3S. The van der Waals surface area contributed by atoms with Gasteiger partial charge in [-0.15, -0.1) is 0 Å². The number of nitrogens with one attached hydrogen (secondary N) is 2. The zero-order chi connectivity index (χ0) is 24.1. The predicted molar refractivity (Wildman–Crippen MR) is 138 cm³/mol. The molecule has 2 atom stereocenters. The average Bonchev–Trinajstić information content (AvgIpc) is 2.82. The second-order valence-corrected chi connectivity index (χ2v) is 10.4. The third kappa shape index (κ3) is 6.21. The smallest absolute Gasteiger partial charge is 0.262 e. The van der Waals surface area contributed by atoms with Crippen LogP contribution in [0.5, 0.6) is 5.75 Å². The molecule has 4 rings (SSSR count). The van der Waals surface area contributed by atoms with Crippen molar-refractivity contribution in [3.8, 4) is 5.75 Å². The van der Waals surface area contributed by atoms with E-state index in [1.807, 2.05) is 42.5 Å². The number of ether oxygens (including phenoxy) is 1. The van der Waals surface area contributed by atoms with E-state index < -0.39 is 0 Å². The molecule has 2 heterocycles. The third-order valence-electron chi connectivity index (χ3n) is 6.23. The highest BCUT2D eigenvalue weighted by Gasteiger charge is 2.23. The van der Waals surface area contributed by atoms with Crippen LogP contribution in [0.2, 0.25) is 0 Å². The van der Waals surface area contributed by atoms with Crippen molar-refractivity contribution in [2.45, 2.75) is 31.6 Å². The Morgan fingerprint density at radius 2 is 1.91 bits per heavy atom. The Balaban J connectivity index is 1.32. The molecule has 2 N–H and O–H groups in total. The van der Waals surface area contributed by atoms with E-state index in [4.69, 9.17) is 4.74 Å². The topological polar surface area (TPSA) is 70.7 Å². The van der Waals surface area contributed by atoms with Gasteiger partial charge in [-0.2, -0.15) is 0 Å². The van der Waals surface area contributed by atoms with Gasteiger partial charge in [0.15, 0.2) is 0 Å². The third-order valence-corrected chi connectivity index (χ3v) is 7.33. The first kappa shape index (κ1) is 24.4. The first-order chi connectivity index (χ1) is 16.4. The number of likely N-dealkylation sites (tertiary alicyclic amines) is 1. The van der Waals surface area contributed by atoms with Crippen LogP contribution in [0.1, 0.15) is 42.6 Å². The molecule has 7 heteroatoms. The molecule has 2 amide bonds. The zero-order valence-electron chi connectivity index (χ0n) is 20.1. The predicted octanol–water partition coefficient (Wildman–Crippen LogP) is 4.88. The van der Waals surface area contributed by atoms with Crippen LogP contribution in [-0.4, -0.2) is 50.0 Å². The summed E-state index contributed by atoms with van der Waals surface area (Å²) in [6, 6.07) is 13.0. The zero-order valence-corrected chi connectivity index (χ0v) is 20.9. The molecule has 0 radical (unpaired) electrons. The van der Waals surface area contributed by atoms with Gasteiger partial charge in [0, 0.05) is 30.1 Å². The molecule has 1 saturated heterocycles. The van der Waals surface area contributed by atoms with Crippen LogP contribution in [0.4, 0.5) is 5.69 Å². The van der Waals surface area contributed by atoms with E-state index in [0.29, 0.717) is 22.7 Å². The second-order valence-electron chi connectivity index (χ2n) is 9.36. The van der Waals surface area contributed by atoms with Crippen molar-refractivity contribution in [3.05, 3.63) is 58.5 Å². The summed E-state index contributed by atoms with van der Waals surface area (Å²) < 4.78 is 5.18. The Bertz CT molecular complexity index is 1060. The van der Waals surface area contributed by atoms with Crippen LogP contribution in [0.25, 0.3) is 6.08 Å². The van der Waals surface area contributed by atoms with E-state index in [0.717, 1.165) is 54.1 Å². The van der Waals surface area contributed by atoms with Gasteiger partial charge in [0.25, 0.3) is 11.8 Å². The Morgan fingerprint density at radius 3 is 2.62 bits per heavy atom. The lowest BCUT2D eigenvalue weighted by Crippen LogP contribution is -2.40. The van der Waals surface area contributed by atoms with Gasteiger partial charge in [-0.25, -0.2) is 0 Å². The van der Waals surface area contributed by atoms with Crippen molar-refractivity contribution in [3.63, 3.8) is 0 Å². The van der Waals surface area contributed by atoms with Crippen LogP contribution >= 0.6 is 11.8 Å². The molecule has 2 aliphatic rings. The molecule has 2 aromatic carbocycles. The van der Waals surface area contributed by atoms with E-state index in [9.17, 15) is 9.59 Å². The number of fused-ring (bicyclic) bond motifs is 1. The van der Waals surface area contributed by atoms with Gasteiger partial charge in [0.1, 0.15) is 5.75 Å². The number of thioether (sulfide) groups is 1. The van der Waals surface area contributed by atoms with Crippen molar-refractivity contribution in [2.75, 3.05) is 38.6 Å². The number of benzene rings is 2. The highest BCUT2D eigenvalue weighted by molar-refractivity contribution is 8.04.